The van der Waals surface area contributed by atoms with Gasteiger partial charge in [-0.3, -0.25) is 4.79 Å². The largest absolute Gasteiger partial charge is 0.493 e. The molecule has 5 heteroatoms. The van der Waals surface area contributed by atoms with Crippen LogP contribution in [0.3, 0.4) is 0 Å². The number of hydrogen-bond donors (Lipinski definition) is 1. The van der Waals surface area contributed by atoms with Crippen molar-refractivity contribution >= 4 is 17.5 Å². The molecule has 4 nitrogen and oxygen atoms in total. The molecule has 24 heavy (non-hydrogen) atoms. The van der Waals surface area contributed by atoms with Crippen LogP contribution in [0.2, 0.25) is 5.02 Å². The van der Waals surface area contributed by atoms with Gasteiger partial charge in [0.1, 0.15) is 18.1 Å². The minimum absolute atomic E-state index is 0.204. The molecule has 2 aromatic rings. The van der Waals surface area contributed by atoms with Crippen LogP contribution in [0.15, 0.2) is 48.5 Å². The van der Waals surface area contributed by atoms with Crippen molar-refractivity contribution in [3.8, 4) is 23.3 Å². The lowest BCUT2D eigenvalue weighted by atomic mass is 10.2. The standard InChI is InChI=1S/C19H18ClNO3/c1-2-23-17-11-5-3-9-15(17)19(22)21-13-7-8-14-24-18-12-6-4-10-16(18)20/h3-6,9-12H,2,13-14H2,1H3,(H,21,22). The molecule has 0 aliphatic rings. The van der Waals surface area contributed by atoms with Crippen LogP contribution in [0, 0.1) is 11.8 Å². The van der Waals surface area contributed by atoms with Gasteiger partial charge in [-0.25, -0.2) is 0 Å². The number of para-hydroxylation sites is 2. The maximum atomic E-state index is 12.1. The van der Waals surface area contributed by atoms with Gasteiger partial charge in [0.25, 0.3) is 5.91 Å². The van der Waals surface area contributed by atoms with E-state index in [0.717, 1.165) is 0 Å². The topological polar surface area (TPSA) is 47.6 Å². The fourth-order valence-corrected chi connectivity index (χ4v) is 2.13. The maximum absolute atomic E-state index is 12.1. The number of nitrogens with one attached hydrogen (secondary N) is 1. The Balaban J connectivity index is 1.80. The van der Waals surface area contributed by atoms with Crippen molar-refractivity contribution in [3.05, 3.63) is 59.1 Å². The van der Waals surface area contributed by atoms with E-state index in [-0.39, 0.29) is 19.1 Å². The molecule has 2 aromatic carbocycles. The van der Waals surface area contributed by atoms with Crippen LogP contribution in [-0.2, 0) is 0 Å². The molecule has 0 aromatic heterocycles. The van der Waals surface area contributed by atoms with Crippen LogP contribution in [0.4, 0.5) is 0 Å². The molecule has 0 aliphatic carbocycles. The van der Waals surface area contributed by atoms with Crippen LogP contribution in [-0.4, -0.2) is 25.7 Å². The van der Waals surface area contributed by atoms with Gasteiger partial charge in [-0.1, -0.05) is 47.7 Å². The van der Waals surface area contributed by atoms with Crippen LogP contribution in [0.1, 0.15) is 17.3 Å². The van der Waals surface area contributed by atoms with Crippen molar-refractivity contribution in [2.24, 2.45) is 0 Å². The minimum atomic E-state index is -0.222. The summed E-state index contributed by atoms with van der Waals surface area (Å²) >= 11 is 5.97. The molecule has 1 amide bonds. The summed E-state index contributed by atoms with van der Waals surface area (Å²) in [6, 6.07) is 14.3. The molecule has 0 radical (unpaired) electrons. The number of ether oxygens (including phenoxy) is 2. The molecule has 0 saturated heterocycles. The van der Waals surface area contributed by atoms with Crippen LogP contribution < -0.4 is 14.8 Å². The molecule has 0 aliphatic heterocycles. The van der Waals surface area contributed by atoms with Gasteiger partial charge in [0.15, 0.2) is 0 Å². The van der Waals surface area contributed by atoms with Gasteiger partial charge in [0, 0.05) is 0 Å². The van der Waals surface area contributed by atoms with E-state index in [1.165, 1.54) is 0 Å². The summed E-state index contributed by atoms with van der Waals surface area (Å²) in [5.41, 5.74) is 0.494. The van der Waals surface area contributed by atoms with Gasteiger partial charge >= 0.3 is 0 Å². The molecule has 0 heterocycles. The summed E-state index contributed by atoms with van der Waals surface area (Å²) in [5.74, 6) is 6.59. The average molecular weight is 344 g/mol. The molecule has 0 unspecified atom stereocenters. The summed E-state index contributed by atoms with van der Waals surface area (Å²) in [7, 11) is 0. The second kappa shape index (κ2) is 9.49. The minimum Gasteiger partial charge on any atom is -0.493 e. The molecule has 1 N–H and O–H groups in total. The SMILES string of the molecule is CCOc1ccccc1C(=O)NCC#CCOc1ccccc1Cl. The molecule has 0 saturated carbocycles. The quantitative estimate of drug-likeness (QED) is 0.816. The maximum Gasteiger partial charge on any atom is 0.255 e. The summed E-state index contributed by atoms with van der Waals surface area (Å²) in [6.45, 7) is 2.81. The fourth-order valence-electron chi connectivity index (χ4n) is 1.94. The average Bonchev–Trinajstić information content (AvgIpc) is 2.60. The first-order valence-corrected chi connectivity index (χ1v) is 7.93. The Kier molecular flexibility index (Phi) is 7.00. The third-order valence-electron chi connectivity index (χ3n) is 3.03. The van der Waals surface area contributed by atoms with E-state index < -0.39 is 0 Å². The first-order valence-electron chi connectivity index (χ1n) is 7.55. The number of halogens is 1. The molecule has 0 bridgehead atoms. The summed E-state index contributed by atoms with van der Waals surface area (Å²) in [5, 5.41) is 3.28. The summed E-state index contributed by atoms with van der Waals surface area (Å²) in [6.07, 6.45) is 0. The Morgan fingerprint density at radius 2 is 1.75 bits per heavy atom. The zero-order valence-electron chi connectivity index (χ0n) is 13.3. The van der Waals surface area contributed by atoms with Crippen LogP contribution in [0.5, 0.6) is 11.5 Å². The number of hydrogen-bond acceptors (Lipinski definition) is 3. The second-order valence-corrected chi connectivity index (χ2v) is 5.09. The van der Waals surface area contributed by atoms with Crippen molar-refractivity contribution < 1.29 is 14.3 Å². The second-order valence-electron chi connectivity index (χ2n) is 4.68. The van der Waals surface area contributed by atoms with E-state index in [1.807, 2.05) is 25.1 Å². The van der Waals surface area contributed by atoms with E-state index in [2.05, 4.69) is 17.2 Å². The molecule has 0 fully saturated rings. The predicted octanol–water partition coefficient (Wildman–Crippen LogP) is 3.55. The van der Waals surface area contributed by atoms with E-state index in [0.29, 0.717) is 28.7 Å². The van der Waals surface area contributed by atoms with Crippen molar-refractivity contribution in [2.75, 3.05) is 19.8 Å². The highest BCUT2D eigenvalue weighted by Gasteiger charge is 2.10. The Labute approximate surface area is 146 Å². The lowest BCUT2D eigenvalue weighted by Crippen LogP contribution is -2.24. The van der Waals surface area contributed by atoms with Gasteiger partial charge in [-0.15, -0.1) is 0 Å². The van der Waals surface area contributed by atoms with Gasteiger partial charge in [-0.05, 0) is 31.2 Å². The zero-order chi connectivity index (χ0) is 17.2. The van der Waals surface area contributed by atoms with Crippen LogP contribution >= 0.6 is 11.6 Å². The first kappa shape index (κ1) is 17.7. The normalized spacial score (nSPS) is 9.58. The predicted molar refractivity (Wildman–Crippen MR) is 94.7 cm³/mol. The van der Waals surface area contributed by atoms with Crippen molar-refractivity contribution in [2.45, 2.75) is 6.92 Å². The Bertz CT molecular complexity index is 750. The molecule has 0 spiro atoms. The van der Waals surface area contributed by atoms with Crippen molar-refractivity contribution in [1.82, 2.24) is 5.32 Å². The lowest BCUT2D eigenvalue weighted by molar-refractivity contribution is 0.0955. The third kappa shape index (κ3) is 5.22. The van der Waals surface area contributed by atoms with Crippen molar-refractivity contribution in [3.63, 3.8) is 0 Å². The van der Waals surface area contributed by atoms with Crippen LogP contribution in [0.25, 0.3) is 0 Å². The van der Waals surface area contributed by atoms with Gasteiger partial charge in [-0.2, -0.15) is 0 Å². The van der Waals surface area contributed by atoms with Gasteiger partial charge < -0.3 is 14.8 Å². The smallest absolute Gasteiger partial charge is 0.255 e. The van der Waals surface area contributed by atoms with E-state index >= 15 is 0 Å². The van der Waals surface area contributed by atoms with Crippen molar-refractivity contribution in [1.29, 1.82) is 0 Å². The number of carbonyl (C=O) groups is 1. The highest BCUT2D eigenvalue weighted by atomic mass is 35.5. The lowest BCUT2D eigenvalue weighted by Gasteiger charge is -2.08. The number of rotatable bonds is 6. The molecule has 2 rings (SSSR count). The Morgan fingerprint density at radius 1 is 1.04 bits per heavy atom. The Morgan fingerprint density at radius 3 is 2.50 bits per heavy atom. The Hall–Kier alpha value is -2.64. The molecular weight excluding hydrogens is 326 g/mol. The summed E-state index contributed by atoms with van der Waals surface area (Å²) in [4.78, 5) is 12.1. The number of amides is 1. The van der Waals surface area contributed by atoms with Gasteiger partial charge in [0.2, 0.25) is 0 Å². The monoisotopic (exact) mass is 343 g/mol. The first-order chi connectivity index (χ1) is 11.7. The van der Waals surface area contributed by atoms with E-state index in [9.17, 15) is 4.79 Å². The van der Waals surface area contributed by atoms with E-state index in [4.69, 9.17) is 21.1 Å². The highest BCUT2D eigenvalue weighted by Crippen LogP contribution is 2.22. The molecule has 124 valence electrons. The third-order valence-corrected chi connectivity index (χ3v) is 3.34. The fraction of sp³-hybridized carbons (Fsp3) is 0.211. The zero-order valence-corrected chi connectivity index (χ0v) is 14.1. The number of benzene rings is 2. The highest BCUT2D eigenvalue weighted by molar-refractivity contribution is 6.32. The number of carbonyl (C=O) groups excluding carboxylic acids is 1. The van der Waals surface area contributed by atoms with Gasteiger partial charge in [0.05, 0.1) is 23.7 Å². The summed E-state index contributed by atoms with van der Waals surface area (Å²) < 4.78 is 10.9. The molecular formula is C19H18ClNO3. The van der Waals surface area contributed by atoms with E-state index in [1.54, 1.807) is 30.3 Å². The molecule has 0 atom stereocenters.